The van der Waals surface area contributed by atoms with Crippen LogP contribution in [0.2, 0.25) is 0 Å². The van der Waals surface area contributed by atoms with Gasteiger partial charge in [0.2, 0.25) is 5.91 Å². The molecule has 0 atom stereocenters. The van der Waals surface area contributed by atoms with Gasteiger partial charge in [0.05, 0.1) is 0 Å². The summed E-state index contributed by atoms with van der Waals surface area (Å²) < 4.78 is 12.8. The van der Waals surface area contributed by atoms with Crippen LogP contribution in [0.3, 0.4) is 0 Å². The minimum atomic E-state index is -0.273. The van der Waals surface area contributed by atoms with Crippen molar-refractivity contribution in [2.24, 2.45) is 0 Å². The highest BCUT2D eigenvalue weighted by molar-refractivity contribution is 5.91. The van der Waals surface area contributed by atoms with E-state index in [1.807, 2.05) is 23.1 Å². The number of anilines is 1. The molecule has 1 amide bonds. The van der Waals surface area contributed by atoms with Gasteiger partial charge >= 0.3 is 0 Å². The van der Waals surface area contributed by atoms with Crippen molar-refractivity contribution in [1.29, 1.82) is 0 Å². The molecule has 0 saturated carbocycles. The summed E-state index contributed by atoms with van der Waals surface area (Å²) in [6.45, 7) is 3.09. The zero-order chi connectivity index (χ0) is 16.1. The quantitative estimate of drug-likeness (QED) is 0.813. The minimum Gasteiger partial charge on any atom is -0.368 e. The fourth-order valence-corrected chi connectivity index (χ4v) is 2.67. The molecule has 118 valence electrons. The number of amides is 1. The molecule has 1 fully saturated rings. The molecule has 0 N–H and O–H groups in total. The predicted octanol–water partition coefficient (Wildman–Crippen LogP) is 3.19. The molecule has 0 radical (unpaired) electrons. The molecule has 0 aromatic heterocycles. The van der Waals surface area contributed by atoms with Gasteiger partial charge in [0.15, 0.2) is 0 Å². The fraction of sp³-hybridized carbons (Fsp3) is 0.211. The molecule has 0 aliphatic carbocycles. The first kappa shape index (κ1) is 15.3. The Kier molecular flexibility index (Phi) is 4.71. The number of rotatable bonds is 3. The Labute approximate surface area is 135 Å². The van der Waals surface area contributed by atoms with Gasteiger partial charge in [0.25, 0.3) is 0 Å². The maximum atomic E-state index is 12.8. The maximum Gasteiger partial charge on any atom is 0.246 e. The van der Waals surface area contributed by atoms with E-state index in [0.717, 1.165) is 18.7 Å². The zero-order valence-electron chi connectivity index (χ0n) is 12.9. The number of piperazine rings is 1. The van der Waals surface area contributed by atoms with Gasteiger partial charge < -0.3 is 9.80 Å². The molecule has 3 rings (SSSR count). The van der Waals surface area contributed by atoms with Gasteiger partial charge in [-0.1, -0.05) is 30.3 Å². The van der Waals surface area contributed by atoms with E-state index in [9.17, 15) is 9.18 Å². The predicted molar refractivity (Wildman–Crippen MR) is 90.7 cm³/mol. The van der Waals surface area contributed by atoms with E-state index >= 15 is 0 Å². The van der Waals surface area contributed by atoms with Crippen molar-refractivity contribution in [2.75, 3.05) is 31.1 Å². The smallest absolute Gasteiger partial charge is 0.246 e. The number of hydrogen-bond acceptors (Lipinski definition) is 2. The highest BCUT2D eigenvalue weighted by Gasteiger charge is 2.19. The van der Waals surface area contributed by atoms with E-state index in [2.05, 4.69) is 17.0 Å². The molecule has 4 heteroatoms. The molecule has 3 nitrogen and oxygen atoms in total. The fourth-order valence-electron chi connectivity index (χ4n) is 2.67. The van der Waals surface area contributed by atoms with Crippen molar-refractivity contribution >= 4 is 17.7 Å². The third kappa shape index (κ3) is 3.97. The molecule has 0 unspecified atom stereocenters. The van der Waals surface area contributed by atoms with Crippen LogP contribution in [0.25, 0.3) is 6.08 Å². The van der Waals surface area contributed by atoms with Crippen LogP contribution in [0.15, 0.2) is 60.7 Å². The van der Waals surface area contributed by atoms with Crippen molar-refractivity contribution < 1.29 is 9.18 Å². The second kappa shape index (κ2) is 7.09. The molecule has 2 aromatic carbocycles. The van der Waals surface area contributed by atoms with Crippen LogP contribution in [0.4, 0.5) is 10.1 Å². The van der Waals surface area contributed by atoms with E-state index in [4.69, 9.17) is 0 Å². The Hall–Kier alpha value is -2.62. The topological polar surface area (TPSA) is 23.6 Å². The van der Waals surface area contributed by atoms with E-state index in [0.29, 0.717) is 13.1 Å². The Balaban J connectivity index is 1.55. The van der Waals surface area contributed by atoms with Crippen molar-refractivity contribution in [3.05, 3.63) is 72.1 Å². The number of nitrogens with zero attached hydrogens (tertiary/aromatic N) is 2. The normalized spacial score (nSPS) is 15.2. The van der Waals surface area contributed by atoms with Crippen molar-refractivity contribution in [2.45, 2.75) is 0 Å². The number of para-hydroxylation sites is 1. The molecule has 1 heterocycles. The van der Waals surface area contributed by atoms with Gasteiger partial charge in [-0.15, -0.1) is 0 Å². The lowest BCUT2D eigenvalue weighted by molar-refractivity contribution is -0.126. The average Bonchev–Trinajstić information content (AvgIpc) is 2.62. The lowest BCUT2D eigenvalue weighted by Gasteiger charge is -2.35. The number of benzene rings is 2. The number of carbonyl (C=O) groups is 1. The summed E-state index contributed by atoms with van der Waals surface area (Å²) in [7, 11) is 0. The second-order valence-electron chi connectivity index (χ2n) is 5.53. The van der Waals surface area contributed by atoms with Crippen molar-refractivity contribution in [1.82, 2.24) is 4.90 Å². The first-order valence-electron chi connectivity index (χ1n) is 7.75. The molecule has 1 aliphatic rings. The van der Waals surface area contributed by atoms with Gasteiger partial charge in [-0.2, -0.15) is 0 Å². The molecule has 0 spiro atoms. The summed E-state index contributed by atoms with van der Waals surface area (Å²) >= 11 is 0. The van der Waals surface area contributed by atoms with Crippen LogP contribution < -0.4 is 4.90 Å². The van der Waals surface area contributed by atoms with Crippen LogP contribution in [0.5, 0.6) is 0 Å². The van der Waals surface area contributed by atoms with Gasteiger partial charge in [-0.05, 0) is 35.9 Å². The third-order valence-corrected chi connectivity index (χ3v) is 4.00. The highest BCUT2D eigenvalue weighted by atomic mass is 19.1. The van der Waals surface area contributed by atoms with Gasteiger partial charge in [-0.3, -0.25) is 4.79 Å². The molecule has 1 saturated heterocycles. The minimum absolute atomic E-state index is 0.00189. The summed E-state index contributed by atoms with van der Waals surface area (Å²) in [5.74, 6) is -0.271. The van der Waals surface area contributed by atoms with E-state index in [1.54, 1.807) is 24.3 Å². The standard InChI is InChI=1S/C19H19FN2O/c20-17-9-6-16(7-10-17)8-11-19(23)22-14-12-21(13-15-22)18-4-2-1-3-5-18/h1-11H,12-15H2. The Morgan fingerprint density at radius 3 is 2.22 bits per heavy atom. The Morgan fingerprint density at radius 1 is 0.913 bits per heavy atom. The Bertz CT molecular complexity index is 674. The lowest BCUT2D eigenvalue weighted by Crippen LogP contribution is -2.48. The summed E-state index contributed by atoms with van der Waals surface area (Å²) in [5.41, 5.74) is 2.02. The Morgan fingerprint density at radius 2 is 1.57 bits per heavy atom. The SMILES string of the molecule is O=C(C=Cc1ccc(F)cc1)N1CCN(c2ccccc2)CC1. The van der Waals surface area contributed by atoms with E-state index in [1.165, 1.54) is 17.8 Å². The molecular formula is C19H19FN2O. The zero-order valence-corrected chi connectivity index (χ0v) is 12.9. The molecule has 0 bridgehead atoms. The van der Waals surface area contributed by atoms with Crippen LogP contribution in [-0.2, 0) is 4.79 Å². The monoisotopic (exact) mass is 310 g/mol. The number of halogens is 1. The molecule has 1 aliphatic heterocycles. The van der Waals surface area contributed by atoms with E-state index in [-0.39, 0.29) is 11.7 Å². The number of hydrogen-bond donors (Lipinski definition) is 0. The van der Waals surface area contributed by atoms with Gasteiger partial charge in [0.1, 0.15) is 5.82 Å². The number of carbonyl (C=O) groups excluding carboxylic acids is 1. The highest BCUT2D eigenvalue weighted by Crippen LogP contribution is 2.15. The summed E-state index contributed by atoms with van der Waals surface area (Å²) in [4.78, 5) is 16.4. The van der Waals surface area contributed by atoms with Crippen molar-refractivity contribution in [3.63, 3.8) is 0 Å². The van der Waals surface area contributed by atoms with Gasteiger partial charge in [0, 0.05) is 37.9 Å². The van der Waals surface area contributed by atoms with Crippen LogP contribution >= 0.6 is 0 Å². The van der Waals surface area contributed by atoms with E-state index < -0.39 is 0 Å². The van der Waals surface area contributed by atoms with Gasteiger partial charge in [-0.25, -0.2) is 4.39 Å². The van der Waals surface area contributed by atoms with Crippen LogP contribution in [0.1, 0.15) is 5.56 Å². The average molecular weight is 310 g/mol. The molecular weight excluding hydrogens is 291 g/mol. The second-order valence-corrected chi connectivity index (χ2v) is 5.53. The van der Waals surface area contributed by atoms with Crippen LogP contribution in [0, 0.1) is 5.82 Å². The first-order valence-corrected chi connectivity index (χ1v) is 7.75. The maximum absolute atomic E-state index is 12.8. The largest absolute Gasteiger partial charge is 0.368 e. The third-order valence-electron chi connectivity index (χ3n) is 4.00. The lowest BCUT2D eigenvalue weighted by atomic mass is 10.2. The molecule has 23 heavy (non-hydrogen) atoms. The summed E-state index contributed by atoms with van der Waals surface area (Å²) in [6, 6.07) is 16.3. The molecule has 2 aromatic rings. The first-order chi connectivity index (χ1) is 11.2. The van der Waals surface area contributed by atoms with Crippen molar-refractivity contribution in [3.8, 4) is 0 Å². The summed E-state index contributed by atoms with van der Waals surface area (Å²) in [6.07, 6.45) is 3.29. The van der Waals surface area contributed by atoms with Crippen LogP contribution in [-0.4, -0.2) is 37.0 Å². The summed E-state index contributed by atoms with van der Waals surface area (Å²) in [5, 5.41) is 0.